The normalized spacial score (nSPS) is 7.69. The SMILES string of the molecule is C=C(C(=O)O)c1ccoc1.[N-]=[N+]=N. The number of nitrogens with zero attached hydrogens (tertiary/aromatic N) is 2. The van der Waals surface area contributed by atoms with E-state index in [-0.39, 0.29) is 5.57 Å². The van der Waals surface area contributed by atoms with Crippen molar-refractivity contribution in [2.75, 3.05) is 0 Å². The van der Waals surface area contributed by atoms with E-state index < -0.39 is 5.97 Å². The van der Waals surface area contributed by atoms with Crippen LogP contribution in [0.5, 0.6) is 0 Å². The molecule has 13 heavy (non-hydrogen) atoms. The third-order valence-electron chi connectivity index (χ3n) is 1.13. The Morgan fingerprint density at radius 3 is 2.62 bits per heavy atom. The number of carboxylic acid groups (broad SMARTS) is 1. The molecule has 0 unspecified atom stereocenters. The van der Waals surface area contributed by atoms with Gasteiger partial charge in [-0.1, -0.05) is 6.58 Å². The third-order valence-corrected chi connectivity index (χ3v) is 1.13. The minimum absolute atomic E-state index is 0.0498. The number of hydrogen-bond donors (Lipinski definition) is 2. The van der Waals surface area contributed by atoms with Crippen LogP contribution in [0.4, 0.5) is 0 Å². The molecule has 0 atom stereocenters. The second-order valence-corrected chi connectivity index (χ2v) is 1.90. The van der Waals surface area contributed by atoms with E-state index in [4.69, 9.17) is 16.2 Å². The molecule has 0 radical (unpaired) electrons. The zero-order chi connectivity index (χ0) is 10.3. The fourth-order valence-electron chi connectivity index (χ4n) is 0.560. The molecule has 0 spiro atoms. The summed E-state index contributed by atoms with van der Waals surface area (Å²) in [6, 6.07) is 1.55. The topological polar surface area (TPSA) is 111 Å². The number of carbonyl (C=O) groups is 1. The van der Waals surface area contributed by atoms with Crippen LogP contribution in [0.25, 0.3) is 16.0 Å². The molecule has 1 rings (SSSR count). The van der Waals surface area contributed by atoms with Crippen molar-refractivity contribution in [1.29, 1.82) is 5.53 Å². The molecule has 0 saturated carbocycles. The quantitative estimate of drug-likeness (QED) is 0.316. The Kier molecular flexibility index (Phi) is 4.53. The summed E-state index contributed by atoms with van der Waals surface area (Å²) in [5, 5.41) is 8.41. The highest BCUT2D eigenvalue weighted by Crippen LogP contribution is 2.11. The Balaban J connectivity index is 0.000000424. The number of aliphatic carboxylic acids is 1. The van der Waals surface area contributed by atoms with E-state index in [2.05, 4.69) is 11.0 Å². The van der Waals surface area contributed by atoms with Gasteiger partial charge in [0.15, 0.2) is 0 Å². The standard InChI is InChI=1S/C7H6O3.HN3/c1-5(7(8)9)6-2-3-10-4-6;1-3-2/h2-4H,1H2,(H,8,9);1H. The smallest absolute Gasteiger partial charge is 0.335 e. The molecule has 0 aliphatic rings. The number of furan rings is 1. The lowest BCUT2D eigenvalue weighted by atomic mass is 10.2. The minimum Gasteiger partial charge on any atom is -0.478 e. The van der Waals surface area contributed by atoms with Gasteiger partial charge in [-0.3, -0.25) is 0 Å². The van der Waals surface area contributed by atoms with Crippen LogP contribution in [0.15, 0.2) is 29.6 Å². The van der Waals surface area contributed by atoms with Crippen LogP contribution in [0.3, 0.4) is 0 Å². The van der Waals surface area contributed by atoms with E-state index in [1.807, 2.05) is 0 Å². The van der Waals surface area contributed by atoms with E-state index in [1.165, 1.54) is 12.5 Å². The summed E-state index contributed by atoms with van der Waals surface area (Å²) in [7, 11) is 0. The first-order chi connectivity index (χ1) is 6.13. The second-order valence-electron chi connectivity index (χ2n) is 1.90. The van der Waals surface area contributed by atoms with E-state index in [9.17, 15) is 4.79 Å². The first-order valence-electron chi connectivity index (χ1n) is 3.09. The predicted molar refractivity (Wildman–Crippen MR) is 44.8 cm³/mol. The Hall–Kier alpha value is -2.20. The van der Waals surface area contributed by atoms with Crippen molar-refractivity contribution in [3.8, 4) is 0 Å². The number of hydrogen-bond acceptors (Lipinski definition) is 3. The van der Waals surface area contributed by atoms with Gasteiger partial charge in [0.1, 0.15) is 0 Å². The van der Waals surface area contributed by atoms with Crippen LogP contribution in [0, 0.1) is 5.53 Å². The summed E-state index contributed by atoms with van der Waals surface area (Å²) in [4.78, 5) is 12.0. The van der Waals surface area contributed by atoms with Crippen LogP contribution in [-0.4, -0.2) is 11.1 Å². The predicted octanol–water partition coefficient (Wildman–Crippen LogP) is 2.25. The van der Waals surface area contributed by atoms with Crippen molar-refractivity contribution in [2.45, 2.75) is 0 Å². The molecular weight excluding hydrogens is 174 g/mol. The Morgan fingerprint density at radius 2 is 2.31 bits per heavy atom. The molecule has 68 valence electrons. The van der Waals surface area contributed by atoms with E-state index in [0.717, 1.165) is 0 Å². The molecule has 0 aliphatic carbocycles. The summed E-state index contributed by atoms with van der Waals surface area (Å²) < 4.78 is 4.66. The maximum atomic E-state index is 10.3. The van der Waals surface area contributed by atoms with E-state index >= 15 is 0 Å². The monoisotopic (exact) mass is 181 g/mol. The molecule has 1 aromatic heterocycles. The molecule has 6 nitrogen and oxygen atoms in total. The zero-order valence-electron chi connectivity index (χ0n) is 6.60. The molecule has 0 amide bonds. The number of carboxylic acids is 1. The minimum atomic E-state index is -1.03. The van der Waals surface area contributed by atoms with Gasteiger partial charge in [-0.05, 0) is 16.5 Å². The lowest BCUT2D eigenvalue weighted by molar-refractivity contribution is -0.130. The Bertz CT molecular complexity index is 323. The van der Waals surface area contributed by atoms with Crippen molar-refractivity contribution in [2.24, 2.45) is 0 Å². The van der Waals surface area contributed by atoms with E-state index in [1.54, 1.807) is 11.0 Å². The summed E-state index contributed by atoms with van der Waals surface area (Å²) in [5.41, 5.74) is 12.8. The maximum Gasteiger partial charge on any atom is 0.335 e. The van der Waals surface area contributed by atoms with Crippen molar-refractivity contribution >= 4 is 11.5 Å². The number of rotatable bonds is 2. The van der Waals surface area contributed by atoms with Crippen molar-refractivity contribution in [3.05, 3.63) is 41.2 Å². The summed E-state index contributed by atoms with van der Waals surface area (Å²) in [6.45, 7) is 3.34. The van der Waals surface area contributed by atoms with Gasteiger partial charge in [0.2, 0.25) is 0 Å². The molecule has 0 aromatic carbocycles. The molecule has 0 saturated heterocycles. The molecule has 1 aromatic rings. The summed E-state index contributed by atoms with van der Waals surface area (Å²) in [5.74, 6) is -1.03. The van der Waals surface area contributed by atoms with Gasteiger partial charge < -0.3 is 9.52 Å². The van der Waals surface area contributed by atoms with Gasteiger partial charge >= 0.3 is 5.97 Å². The highest BCUT2D eigenvalue weighted by atomic mass is 16.4. The zero-order valence-corrected chi connectivity index (χ0v) is 6.60. The lowest BCUT2D eigenvalue weighted by Crippen LogP contribution is -1.95. The van der Waals surface area contributed by atoms with Crippen molar-refractivity contribution < 1.29 is 14.3 Å². The Morgan fingerprint density at radius 1 is 1.77 bits per heavy atom. The van der Waals surface area contributed by atoms with Gasteiger partial charge in [-0.25, -0.2) is 4.79 Å². The van der Waals surface area contributed by atoms with Gasteiger partial charge in [0, 0.05) is 5.56 Å². The first-order valence-corrected chi connectivity index (χ1v) is 3.09. The van der Waals surface area contributed by atoms with Crippen molar-refractivity contribution in [3.63, 3.8) is 0 Å². The molecular formula is C7H7N3O3. The summed E-state index contributed by atoms with van der Waals surface area (Å²) in [6.07, 6.45) is 2.75. The van der Waals surface area contributed by atoms with Gasteiger partial charge in [0.05, 0.1) is 18.1 Å². The van der Waals surface area contributed by atoms with Gasteiger partial charge in [-0.15, -0.1) is 5.53 Å². The van der Waals surface area contributed by atoms with E-state index in [0.29, 0.717) is 5.56 Å². The lowest BCUT2D eigenvalue weighted by Gasteiger charge is -1.90. The van der Waals surface area contributed by atoms with Crippen LogP contribution < -0.4 is 0 Å². The first kappa shape index (κ1) is 10.8. The summed E-state index contributed by atoms with van der Waals surface area (Å²) >= 11 is 0. The Labute approximate surface area is 73.5 Å². The average Bonchev–Trinajstić information content (AvgIpc) is 2.56. The van der Waals surface area contributed by atoms with Gasteiger partial charge in [0.25, 0.3) is 0 Å². The van der Waals surface area contributed by atoms with Crippen LogP contribution >= 0.6 is 0 Å². The third kappa shape index (κ3) is 3.64. The molecule has 2 N–H and O–H groups in total. The second kappa shape index (κ2) is 5.45. The average molecular weight is 181 g/mol. The van der Waals surface area contributed by atoms with Crippen LogP contribution in [-0.2, 0) is 4.79 Å². The molecule has 1 heterocycles. The number of nitrogens with one attached hydrogen (secondary N) is 1. The molecule has 6 heteroatoms. The van der Waals surface area contributed by atoms with Crippen molar-refractivity contribution in [1.82, 2.24) is 0 Å². The highest BCUT2D eigenvalue weighted by Gasteiger charge is 2.06. The highest BCUT2D eigenvalue weighted by molar-refractivity contribution is 6.14. The van der Waals surface area contributed by atoms with Gasteiger partial charge in [-0.2, -0.15) is 0 Å². The van der Waals surface area contributed by atoms with Crippen LogP contribution in [0.2, 0.25) is 0 Å². The maximum absolute atomic E-state index is 10.3. The molecule has 0 fully saturated rings. The van der Waals surface area contributed by atoms with Crippen LogP contribution in [0.1, 0.15) is 5.56 Å². The largest absolute Gasteiger partial charge is 0.478 e. The fourth-order valence-corrected chi connectivity index (χ4v) is 0.560. The molecule has 0 bridgehead atoms. The molecule has 0 aliphatic heterocycles. The fraction of sp³-hybridized carbons (Fsp3) is 0.